The maximum atomic E-state index is 5.20. The summed E-state index contributed by atoms with van der Waals surface area (Å²) in [5, 5.41) is 3.54. The molecule has 0 amide bonds. The van der Waals surface area contributed by atoms with Crippen LogP contribution in [0, 0.1) is 0 Å². The minimum Gasteiger partial charge on any atom is -0.497 e. The molecule has 2 aromatic rings. The molecule has 2 heteroatoms. The predicted octanol–water partition coefficient (Wildman–Crippen LogP) is 4.11. The summed E-state index contributed by atoms with van der Waals surface area (Å²) < 4.78 is 5.20. The predicted molar refractivity (Wildman–Crippen MR) is 79.8 cm³/mol. The van der Waals surface area contributed by atoms with Crippen molar-refractivity contribution in [2.75, 3.05) is 12.4 Å². The smallest absolute Gasteiger partial charge is 0.118 e. The van der Waals surface area contributed by atoms with Gasteiger partial charge in [0.25, 0.3) is 0 Å². The van der Waals surface area contributed by atoms with Crippen molar-refractivity contribution in [2.45, 2.75) is 25.8 Å². The van der Waals surface area contributed by atoms with Gasteiger partial charge in [0, 0.05) is 11.7 Å². The van der Waals surface area contributed by atoms with Crippen LogP contribution in [0.1, 0.15) is 18.9 Å². The van der Waals surface area contributed by atoms with E-state index in [2.05, 4.69) is 42.6 Å². The molecule has 1 aliphatic heterocycles. The molecule has 1 atom stereocenters. The zero-order valence-electron chi connectivity index (χ0n) is 11.4. The van der Waals surface area contributed by atoms with E-state index in [9.17, 15) is 0 Å². The lowest BCUT2D eigenvalue weighted by molar-refractivity contribution is 0.415. The lowest BCUT2D eigenvalue weighted by Gasteiger charge is -2.24. The normalized spacial score (nSPS) is 17.5. The Labute approximate surface area is 114 Å². The van der Waals surface area contributed by atoms with Crippen molar-refractivity contribution in [2.24, 2.45) is 0 Å². The topological polar surface area (TPSA) is 21.3 Å². The highest BCUT2D eigenvalue weighted by molar-refractivity contribution is 5.69. The van der Waals surface area contributed by atoms with Crippen molar-refractivity contribution in [3.05, 3.63) is 48.0 Å². The molecular formula is C17H19NO. The number of benzene rings is 2. The van der Waals surface area contributed by atoms with Crippen molar-refractivity contribution >= 4 is 5.69 Å². The van der Waals surface area contributed by atoms with Crippen molar-refractivity contribution in [3.63, 3.8) is 0 Å². The summed E-state index contributed by atoms with van der Waals surface area (Å²) in [6.07, 6.45) is 2.37. The Morgan fingerprint density at radius 3 is 2.53 bits per heavy atom. The van der Waals surface area contributed by atoms with Gasteiger partial charge >= 0.3 is 0 Å². The minimum atomic E-state index is 0.583. The fraction of sp³-hybridized carbons (Fsp3) is 0.294. The third-order valence-corrected chi connectivity index (χ3v) is 3.78. The average Bonchev–Trinajstić information content (AvgIpc) is 2.47. The SMILES string of the molecule is COc1ccc(-c2ccc3c(c2)CCC(C)N3)cc1. The van der Waals surface area contributed by atoms with E-state index in [1.165, 1.54) is 28.8 Å². The fourth-order valence-electron chi connectivity index (χ4n) is 2.61. The summed E-state index contributed by atoms with van der Waals surface area (Å²) in [5.41, 5.74) is 5.22. The number of aryl methyl sites for hydroxylation is 1. The van der Waals surface area contributed by atoms with Crippen LogP contribution < -0.4 is 10.1 Å². The quantitative estimate of drug-likeness (QED) is 0.869. The summed E-state index contributed by atoms with van der Waals surface area (Å²) in [6, 6.07) is 15.5. The third-order valence-electron chi connectivity index (χ3n) is 3.78. The fourth-order valence-corrected chi connectivity index (χ4v) is 2.61. The molecule has 3 rings (SSSR count). The first kappa shape index (κ1) is 12.1. The second-order valence-electron chi connectivity index (χ2n) is 5.18. The van der Waals surface area contributed by atoms with Crippen molar-refractivity contribution in [3.8, 4) is 16.9 Å². The Kier molecular flexibility index (Phi) is 3.16. The molecule has 98 valence electrons. The zero-order valence-corrected chi connectivity index (χ0v) is 11.4. The van der Waals surface area contributed by atoms with Crippen molar-refractivity contribution in [1.29, 1.82) is 0 Å². The zero-order chi connectivity index (χ0) is 13.2. The molecule has 1 aliphatic rings. The number of hydrogen-bond donors (Lipinski definition) is 1. The van der Waals surface area contributed by atoms with E-state index in [1.54, 1.807) is 7.11 Å². The number of anilines is 1. The first-order valence-electron chi connectivity index (χ1n) is 6.80. The van der Waals surface area contributed by atoms with Gasteiger partial charge in [0.2, 0.25) is 0 Å². The monoisotopic (exact) mass is 253 g/mol. The Hall–Kier alpha value is -1.96. The molecule has 0 fully saturated rings. The molecule has 2 aromatic carbocycles. The molecule has 0 spiro atoms. The highest BCUT2D eigenvalue weighted by atomic mass is 16.5. The van der Waals surface area contributed by atoms with Crippen LogP contribution in [0.25, 0.3) is 11.1 Å². The van der Waals surface area contributed by atoms with Crippen LogP contribution in [0.15, 0.2) is 42.5 Å². The second-order valence-corrected chi connectivity index (χ2v) is 5.18. The first-order valence-corrected chi connectivity index (χ1v) is 6.80. The first-order chi connectivity index (χ1) is 9.26. The van der Waals surface area contributed by atoms with Gasteiger partial charge in [-0.3, -0.25) is 0 Å². The molecule has 2 nitrogen and oxygen atoms in total. The lowest BCUT2D eigenvalue weighted by atomic mass is 9.95. The maximum absolute atomic E-state index is 5.20. The molecule has 19 heavy (non-hydrogen) atoms. The van der Waals surface area contributed by atoms with Gasteiger partial charge in [0.05, 0.1) is 7.11 Å². The minimum absolute atomic E-state index is 0.583. The molecular weight excluding hydrogens is 234 g/mol. The van der Waals surface area contributed by atoms with E-state index >= 15 is 0 Å². The van der Waals surface area contributed by atoms with Gasteiger partial charge in [0.15, 0.2) is 0 Å². The lowest BCUT2D eigenvalue weighted by Crippen LogP contribution is -2.21. The molecule has 0 saturated carbocycles. The summed E-state index contributed by atoms with van der Waals surface area (Å²) in [5.74, 6) is 0.900. The van der Waals surface area contributed by atoms with E-state index in [4.69, 9.17) is 4.74 Å². The Bertz CT molecular complexity index is 574. The number of fused-ring (bicyclic) bond motifs is 1. The number of nitrogens with one attached hydrogen (secondary N) is 1. The highest BCUT2D eigenvalue weighted by Gasteiger charge is 2.14. The number of hydrogen-bond acceptors (Lipinski definition) is 2. The standard InChI is InChI=1S/C17H19NO/c1-12-3-4-15-11-14(7-10-17(15)18-12)13-5-8-16(19-2)9-6-13/h5-12,18H,3-4H2,1-2H3. The van der Waals surface area contributed by atoms with Gasteiger partial charge in [-0.05, 0) is 60.7 Å². The Morgan fingerprint density at radius 2 is 1.79 bits per heavy atom. The van der Waals surface area contributed by atoms with Crippen LogP contribution in [0.3, 0.4) is 0 Å². The van der Waals surface area contributed by atoms with Crippen molar-refractivity contribution < 1.29 is 4.74 Å². The summed E-state index contributed by atoms with van der Waals surface area (Å²) in [4.78, 5) is 0. The maximum Gasteiger partial charge on any atom is 0.118 e. The van der Waals surface area contributed by atoms with Crippen molar-refractivity contribution in [1.82, 2.24) is 0 Å². The number of rotatable bonds is 2. The summed E-state index contributed by atoms with van der Waals surface area (Å²) in [6.45, 7) is 2.24. The van der Waals surface area contributed by atoms with Gasteiger partial charge in [0.1, 0.15) is 5.75 Å². The highest BCUT2D eigenvalue weighted by Crippen LogP contribution is 2.30. The van der Waals surface area contributed by atoms with Gasteiger partial charge in [-0.2, -0.15) is 0 Å². The number of methoxy groups -OCH3 is 1. The van der Waals surface area contributed by atoms with E-state index in [0.717, 1.165) is 12.2 Å². The summed E-state index contributed by atoms with van der Waals surface area (Å²) >= 11 is 0. The molecule has 0 radical (unpaired) electrons. The molecule has 0 bridgehead atoms. The van der Waals surface area contributed by atoms with E-state index in [1.807, 2.05) is 12.1 Å². The van der Waals surface area contributed by atoms with Gasteiger partial charge < -0.3 is 10.1 Å². The largest absolute Gasteiger partial charge is 0.497 e. The average molecular weight is 253 g/mol. The molecule has 1 N–H and O–H groups in total. The molecule has 1 unspecified atom stereocenters. The van der Waals surface area contributed by atoms with Crippen LogP contribution in [-0.2, 0) is 6.42 Å². The van der Waals surface area contributed by atoms with E-state index in [-0.39, 0.29) is 0 Å². The van der Waals surface area contributed by atoms with Crippen LogP contribution >= 0.6 is 0 Å². The van der Waals surface area contributed by atoms with Gasteiger partial charge in [-0.25, -0.2) is 0 Å². The third kappa shape index (κ3) is 2.43. The van der Waals surface area contributed by atoms with Gasteiger partial charge in [-0.15, -0.1) is 0 Å². The van der Waals surface area contributed by atoms with E-state index < -0.39 is 0 Å². The van der Waals surface area contributed by atoms with E-state index in [0.29, 0.717) is 6.04 Å². The molecule has 0 aliphatic carbocycles. The van der Waals surface area contributed by atoms with Crippen LogP contribution in [0.5, 0.6) is 5.75 Å². The molecule has 0 aromatic heterocycles. The Balaban J connectivity index is 1.93. The van der Waals surface area contributed by atoms with Crippen LogP contribution in [0.2, 0.25) is 0 Å². The van der Waals surface area contributed by atoms with Crippen LogP contribution in [-0.4, -0.2) is 13.2 Å². The second kappa shape index (κ2) is 4.96. The van der Waals surface area contributed by atoms with Crippen LogP contribution in [0.4, 0.5) is 5.69 Å². The molecule has 0 saturated heterocycles. The summed E-state index contributed by atoms with van der Waals surface area (Å²) in [7, 11) is 1.70. The number of ether oxygens (including phenoxy) is 1. The molecule has 1 heterocycles. The Morgan fingerprint density at radius 1 is 1.05 bits per heavy atom. The van der Waals surface area contributed by atoms with Gasteiger partial charge in [-0.1, -0.05) is 18.2 Å².